The van der Waals surface area contributed by atoms with E-state index in [1.165, 1.54) is 34.0 Å². The van der Waals surface area contributed by atoms with E-state index in [0.717, 1.165) is 12.8 Å². The van der Waals surface area contributed by atoms with Crippen molar-refractivity contribution < 1.29 is 17.6 Å². The SMILES string of the molecule is CCc1c(C(=O)Nc2nc3ccc(S(=O)(=O)N4CCCC4)cc3s2)cnn1-c1ccc(F)cc1. The van der Waals surface area contributed by atoms with E-state index < -0.39 is 10.0 Å². The lowest BCUT2D eigenvalue weighted by molar-refractivity contribution is 0.102. The molecule has 0 spiro atoms. The zero-order chi connectivity index (χ0) is 23.9. The number of fused-ring (bicyclic) bond motifs is 1. The highest BCUT2D eigenvalue weighted by molar-refractivity contribution is 7.89. The first-order valence-corrected chi connectivity index (χ1v) is 13.2. The lowest BCUT2D eigenvalue weighted by Gasteiger charge is -2.15. The molecule has 4 aromatic rings. The van der Waals surface area contributed by atoms with Gasteiger partial charge in [0.1, 0.15) is 5.82 Å². The monoisotopic (exact) mass is 499 g/mol. The van der Waals surface area contributed by atoms with Crippen LogP contribution in [0.4, 0.5) is 9.52 Å². The van der Waals surface area contributed by atoms with Crippen molar-refractivity contribution in [2.24, 2.45) is 0 Å². The Labute approximate surface area is 200 Å². The first-order chi connectivity index (χ1) is 16.4. The maximum absolute atomic E-state index is 13.3. The molecule has 0 radical (unpaired) electrons. The third kappa shape index (κ3) is 4.10. The topological polar surface area (TPSA) is 97.2 Å². The quantitative estimate of drug-likeness (QED) is 0.428. The molecule has 1 aliphatic rings. The summed E-state index contributed by atoms with van der Waals surface area (Å²) in [5.41, 5.74) is 2.34. The summed E-state index contributed by atoms with van der Waals surface area (Å²) in [5, 5.41) is 7.49. The lowest BCUT2D eigenvalue weighted by Crippen LogP contribution is -2.27. The normalized spacial score (nSPS) is 14.6. The van der Waals surface area contributed by atoms with Crippen molar-refractivity contribution in [2.45, 2.75) is 31.1 Å². The zero-order valence-corrected chi connectivity index (χ0v) is 20.0. The van der Waals surface area contributed by atoms with Crippen molar-refractivity contribution in [3.8, 4) is 5.69 Å². The van der Waals surface area contributed by atoms with Crippen LogP contribution in [0.3, 0.4) is 0 Å². The van der Waals surface area contributed by atoms with E-state index in [4.69, 9.17) is 0 Å². The minimum absolute atomic E-state index is 0.234. The molecule has 5 rings (SSSR count). The highest BCUT2D eigenvalue weighted by Gasteiger charge is 2.27. The first-order valence-electron chi connectivity index (χ1n) is 10.9. The van der Waals surface area contributed by atoms with E-state index >= 15 is 0 Å². The number of hydrogen-bond donors (Lipinski definition) is 1. The van der Waals surface area contributed by atoms with Gasteiger partial charge < -0.3 is 0 Å². The second-order valence-corrected chi connectivity index (χ2v) is 10.9. The molecule has 3 heterocycles. The van der Waals surface area contributed by atoms with Crippen LogP contribution < -0.4 is 5.32 Å². The molecule has 176 valence electrons. The lowest BCUT2D eigenvalue weighted by atomic mass is 10.2. The highest BCUT2D eigenvalue weighted by Crippen LogP contribution is 2.30. The maximum atomic E-state index is 13.3. The molecule has 2 aromatic heterocycles. The van der Waals surface area contributed by atoms with Gasteiger partial charge in [0.25, 0.3) is 5.91 Å². The minimum atomic E-state index is -3.53. The van der Waals surface area contributed by atoms with Gasteiger partial charge in [-0.2, -0.15) is 9.40 Å². The zero-order valence-electron chi connectivity index (χ0n) is 18.4. The van der Waals surface area contributed by atoms with Gasteiger partial charge in [-0.25, -0.2) is 22.5 Å². The number of benzene rings is 2. The largest absolute Gasteiger partial charge is 0.298 e. The molecular weight excluding hydrogens is 477 g/mol. The maximum Gasteiger partial charge on any atom is 0.260 e. The fourth-order valence-corrected chi connectivity index (χ4v) is 6.59. The molecule has 1 fully saturated rings. The number of aromatic nitrogens is 3. The van der Waals surface area contributed by atoms with Crippen molar-refractivity contribution in [3.05, 3.63) is 65.7 Å². The van der Waals surface area contributed by atoms with E-state index in [-0.39, 0.29) is 16.6 Å². The number of carbonyl (C=O) groups excluding carboxylic acids is 1. The minimum Gasteiger partial charge on any atom is -0.298 e. The van der Waals surface area contributed by atoms with Crippen molar-refractivity contribution in [2.75, 3.05) is 18.4 Å². The van der Waals surface area contributed by atoms with E-state index in [2.05, 4.69) is 15.4 Å². The number of carbonyl (C=O) groups is 1. The highest BCUT2D eigenvalue weighted by atomic mass is 32.2. The molecular formula is C23H22FN5O3S2. The summed E-state index contributed by atoms with van der Waals surface area (Å²) < 4.78 is 42.8. The molecule has 1 N–H and O–H groups in total. The predicted molar refractivity (Wildman–Crippen MR) is 128 cm³/mol. The molecule has 0 unspecified atom stereocenters. The van der Waals surface area contributed by atoms with Gasteiger partial charge in [0.2, 0.25) is 10.0 Å². The molecule has 0 saturated carbocycles. The first kappa shape index (κ1) is 22.6. The van der Waals surface area contributed by atoms with Crippen LogP contribution in [0, 0.1) is 5.82 Å². The number of rotatable bonds is 6. The van der Waals surface area contributed by atoms with Gasteiger partial charge in [0.05, 0.1) is 38.3 Å². The van der Waals surface area contributed by atoms with Crippen molar-refractivity contribution in [3.63, 3.8) is 0 Å². The number of anilines is 1. The molecule has 2 aromatic carbocycles. The van der Waals surface area contributed by atoms with Crippen LogP contribution in [0.15, 0.2) is 53.6 Å². The van der Waals surface area contributed by atoms with Crippen molar-refractivity contribution in [1.82, 2.24) is 19.1 Å². The number of nitrogens with one attached hydrogen (secondary N) is 1. The summed E-state index contributed by atoms with van der Waals surface area (Å²) in [7, 11) is -3.53. The van der Waals surface area contributed by atoms with Gasteiger partial charge in [-0.1, -0.05) is 18.3 Å². The van der Waals surface area contributed by atoms with Crippen molar-refractivity contribution >= 4 is 42.6 Å². The van der Waals surface area contributed by atoms with Crippen LogP contribution in [0.2, 0.25) is 0 Å². The Kier molecular flexibility index (Phi) is 5.92. The molecule has 0 atom stereocenters. The second-order valence-electron chi connectivity index (χ2n) is 7.96. The number of thiazole rings is 1. The summed E-state index contributed by atoms with van der Waals surface area (Å²) in [5.74, 6) is -0.715. The summed E-state index contributed by atoms with van der Waals surface area (Å²) in [4.78, 5) is 17.7. The Morgan fingerprint density at radius 2 is 1.88 bits per heavy atom. The van der Waals surface area contributed by atoms with E-state index in [0.29, 0.717) is 51.8 Å². The van der Waals surface area contributed by atoms with Gasteiger partial charge >= 0.3 is 0 Å². The molecule has 8 nitrogen and oxygen atoms in total. The van der Waals surface area contributed by atoms with Crippen LogP contribution in [-0.4, -0.2) is 46.5 Å². The Bertz CT molecular complexity index is 1470. The Morgan fingerprint density at radius 3 is 2.59 bits per heavy atom. The van der Waals surface area contributed by atoms with Gasteiger partial charge in [-0.15, -0.1) is 0 Å². The number of sulfonamides is 1. The van der Waals surface area contributed by atoms with Gasteiger partial charge in [0.15, 0.2) is 5.13 Å². The number of halogens is 1. The van der Waals surface area contributed by atoms with Crippen LogP contribution in [0.5, 0.6) is 0 Å². The molecule has 34 heavy (non-hydrogen) atoms. The number of amides is 1. The van der Waals surface area contributed by atoms with Gasteiger partial charge in [-0.05, 0) is 61.7 Å². The van der Waals surface area contributed by atoms with E-state index in [9.17, 15) is 17.6 Å². The summed E-state index contributed by atoms with van der Waals surface area (Å²) in [6.07, 6.45) is 3.76. The third-order valence-corrected chi connectivity index (χ3v) is 8.63. The number of nitrogens with zero attached hydrogens (tertiary/aromatic N) is 4. The fourth-order valence-electron chi connectivity index (χ4n) is 4.07. The van der Waals surface area contributed by atoms with E-state index in [1.54, 1.807) is 35.0 Å². The molecule has 1 saturated heterocycles. The summed E-state index contributed by atoms with van der Waals surface area (Å²) in [6.45, 7) is 2.99. The number of hydrogen-bond acceptors (Lipinski definition) is 6. The standard InChI is InChI=1S/C23H22FN5O3S2/c1-2-20-18(14-25-29(20)16-7-5-15(24)6-8-16)22(30)27-23-26-19-10-9-17(13-21(19)33-23)34(31,32)28-11-3-4-12-28/h5-10,13-14H,2-4,11-12H2,1H3,(H,26,27,30). The molecule has 1 aliphatic heterocycles. The molecule has 11 heteroatoms. The second kappa shape index (κ2) is 8.90. The average molecular weight is 500 g/mol. The Balaban J connectivity index is 1.40. The van der Waals surface area contributed by atoms with Crippen LogP contribution in [-0.2, 0) is 16.4 Å². The van der Waals surface area contributed by atoms with Crippen LogP contribution in [0.25, 0.3) is 15.9 Å². The van der Waals surface area contributed by atoms with Crippen LogP contribution in [0.1, 0.15) is 35.8 Å². The Hall–Kier alpha value is -3.15. The van der Waals surface area contributed by atoms with Gasteiger partial charge in [0, 0.05) is 13.1 Å². The van der Waals surface area contributed by atoms with E-state index in [1.807, 2.05) is 6.92 Å². The average Bonchev–Trinajstić information content (AvgIpc) is 3.57. The van der Waals surface area contributed by atoms with Gasteiger partial charge in [-0.3, -0.25) is 10.1 Å². The smallest absolute Gasteiger partial charge is 0.260 e. The fraction of sp³-hybridized carbons (Fsp3) is 0.261. The molecule has 1 amide bonds. The molecule has 0 aliphatic carbocycles. The third-order valence-electron chi connectivity index (χ3n) is 5.80. The summed E-state index contributed by atoms with van der Waals surface area (Å²) >= 11 is 1.22. The molecule has 0 bridgehead atoms. The summed E-state index contributed by atoms with van der Waals surface area (Å²) in [6, 6.07) is 10.7. The predicted octanol–water partition coefficient (Wildman–Crippen LogP) is 4.22. The van der Waals surface area contributed by atoms with Crippen molar-refractivity contribution in [1.29, 1.82) is 0 Å². The van der Waals surface area contributed by atoms with Crippen LogP contribution >= 0.6 is 11.3 Å². The Morgan fingerprint density at radius 1 is 1.15 bits per heavy atom.